The molecule has 0 heterocycles. The molecule has 0 unspecified atom stereocenters. The molecule has 0 saturated heterocycles. The molecule has 0 radical (unpaired) electrons. The van der Waals surface area contributed by atoms with Crippen LogP contribution in [0.4, 0.5) is 5.69 Å². The molecule has 21 heavy (non-hydrogen) atoms. The van der Waals surface area contributed by atoms with Crippen LogP contribution in [0.15, 0.2) is 54.6 Å². The molecule has 0 aliphatic heterocycles. The Labute approximate surface area is 124 Å². The quantitative estimate of drug-likeness (QED) is 0.844. The summed E-state index contributed by atoms with van der Waals surface area (Å²) in [6.07, 6.45) is 0.288. The maximum absolute atomic E-state index is 12.6. The Morgan fingerprint density at radius 1 is 1.14 bits per heavy atom. The second-order valence-corrected chi connectivity index (χ2v) is 4.43. The van der Waals surface area contributed by atoms with Gasteiger partial charge in [-0.2, -0.15) is 5.26 Å². The summed E-state index contributed by atoms with van der Waals surface area (Å²) in [5.41, 5.74) is 1.35. The molecule has 0 aliphatic carbocycles. The van der Waals surface area contributed by atoms with Crippen LogP contribution in [0.5, 0.6) is 5.75 Å². The summed E-state index contributed by atoms with van der Waals surface area (Å²) in [6.45, 7) is 0.366. The van der Waals surface area contributed by atoms with E-state index >= 15 is 0 Å². The van der Waals surface area contributed by atoms with Crippen LogP contribution in [0.1, 0.15) is 16.8 Å². The van der Waals surface area contributed by atoms with Crippen LogP contribution in [0.2, 0.25) is 0 Å². The maximum Gasteiger partial charge on any atom is 0.258 e. The van der Waals surface area contributed by atoms with E-state index in [9.17, 15) is 4.79 Å². The number of nitriles is 1. The summed E-state index contributed by atoms with van der Waals surface area (Å²) < 4.78 is 5.09. The Balaban J connectivity index is 2.27. The highest BCUT2D eigenvalue weighted by Gasteiger charge is 2.17. The highest BCUT2D eigenvalue weighted by atomic mass is 16.5. The Morgan fingerprint density at radius 2 is 1.81 bits per heavy atom. The Kier molecular flexibility index (Phi) is 4.94. The van der Waals surface area contributed by atoms with E-state index in [4.69, 9.17) is 10.00 Å². The van der Waals surface area contributed by atoms with E-state index in [-0.39, 0.29) is 12.3 Å². The molecule has 0 spiro atoms. The fourth-order valence-electron chi connectivity index (χ4n) is 2.01. The van der Waals surface area contributed by atoms with Gasteiger partial charge < -0.3 is 9.64 Å². The number of hydrogen-bond acceptors (Lipinski definition) is 3. The van der Waals surface area contributed by atoms with Crippen molar-refractivity contribution < 1.29 is 9.53 Å². The standard InChI is InChI=1S/C17H16N2O2/c1-21-16-10-8-14(9-11-16)17(20)19(13-5-12-18)15-6-3-2-4-7-15/h2-4,6-11H,5,13H2,1H3. The minimum absolute atomic E-state index is 0.126. The SMILES string of the molecule is COc1ccc(C(=O)N(CCC#N)c2ccccc2)cc1. The van der Waals surface area contributed by atoms with Crippen LogP contribution < -0.4 is 9.64 Å². The van der Waals surface area contributed by atoms with Gasteiger partial charge in [0.25, 0.3) is 5.91 Å². The van der Waals surface area contributed by atoms with Gasteiger partial charge in [-0.1, -0.05) is 18.2 Å². The first kappa shape index (κ1) is 14.6. The molecule has 2 aromatic carbocycles. The maximum atomic E-state index is 12.6. The van der Waals surface area contributed by atoms with Crippen molar-refractivity contribution in [3.05, 3.63) is 60.2 Å². The number of hydrogen-bond donors (Lipinski definition) is 0. The van der Waals surface area contributed by atoms with E-state index in [0.717, 1.165) is 5.69 Å². The number of methoxy groups -OCH3 is 1. The van der Waals surface area contributed by atoms with Crippen LogP contribution in [-0.2, 0) is 0 Å². The highest BCUT2D eigenvalue weighted by Crippen LogP contribution is 2.19. The van der Waals surface area contributed by atoms with Crippen molar-refractivity contribution in [3.8, 4) is 11.8 Å². The zero-order valence-electron chi connectivity index (χ0n) is 11.8. The first-order valence-corrected chi connectivity index (χ1v) is 6.64. The van der Waals surface area contributed by atoms with Gasteiger partial charge in [-0.25, -0.2) is 0 Å². The lowest BCUT2D eigenvalue weighted by Gasteiger charge is -2.22. The summed E-state index contributed by atoms with van der Waals surface area (Å²) >= 11 is 0. The predicted octanol–water partition coefficient (Wildman–Crippen LogP) is 3.26. The molecule has 0 bridgehead atoms. The van der Waals surface area contributed by atoms with Gasteiger partial charge in [0.05, 0.1) is 19.6 Å². The van der Waals surface area contributed by atoms with E-state index in [1.54, 1.807) is 36.3 Å². The summed E-state index contributed by atoms with van der Waals surface area (Å²) in [5, 5.41) is 8.78. The summed E-state index contributed by atoms with van der Waals surface area (Å²) in [6, 6.07) is 18.4. The van der Waals surface area contributed by atoms with E-state index < -0.39 is 0 Å². The summed E-state index contributed by atoms with van der Waals surface area (Å²) in [4.78, 5) is 14.2. The fraction of sp³-hybridized carbons (Fsp3) is 0.176. The topological polar surface area (TPSA) is 53.3 Å². The number of benzene rings is 2. The minimum Gasteiger partial charge on any atom is -0.497 e. The van der Waals surface area contributed by atoms with Crippen molar-refractivity contribution in [2.24, 2.45) is 0 Å². The van der Waals surface area contributed by atoms with Crippen LogP contribution in [0.25, 0.3) is 0 Å². The lowest BCUT2D eigenvalue weighted by Crippen LogP contribution is -2.31. The lowest BCUT2D eigenvalue weighted by atomic mass is 10.1. The highest BCUT2D eigenvalue weighted by molar-refractivity contribution is 6.06. The molecular weight excluding hydrogens is 264 g/mol. The zero-order valence-corrected chi connectivity index (χ0v) is 11.8. The van der Waals surface area contributed by atoms with E-state index in [1.165, 1.54) is 0 Å². The second kappa shape index (κ2) is 7.11. The number of ether oxygens (including phenoxy) is 1. The number of nitrogens with zero attached hydrogens (tertiary/aromatic N) is 2. The summed E-state index contributed by atoms with van der Waals surface area (Å²) in [7, 11) is 1.58. The first-order valence-electron chi connectivity index (χ1n) is 6.64. The van der Waals surface area contributed by atoms with Crippen LogP contribution in [0.3, 0.4) is 0 Å². The third-order valence-corrected chi connectivity index (χ3v) is 3.10. The second-order valence-electron chi connectivity index (χ2n) is 4.43. The molecule has 2 aromatic rings. The Hall–Kier alpha value is -2.80. The number of para-hydroxylation sites is 1. The molecule has 0 saturated carbocycles. The molecule has 4 heteroatoms. The number of amides is 1. The van der Waals surface area contributed by atoms with Crippen LogP contribution in [-0.4, -0.2) is 19.6 Å². The Morgan fingerprint density at radius 3 is 2.38 bits per heavy atom. The summed E-state index contributed by atoms with van der Waals surface area (Å²) in [5.74, 6) is 0.578. The first-order chi connectivity index (χ1) is 10.3. The van der Waals surface area contributed by atoms with Crippen molar-refractivity contribution in [1.29, 1.82) is 5.26 Å². The molecule has 0 atom stereocenters. The van der Waals surface area contributed by atoms with Crippen LogP contribution >= 0.6 is 0 Å². The predicted molar refractivity (Wildman–Crippen MR) is 81.3 cm³/mol. The van der Waals surface area contributed by atoms with Crippen molar-refractivity contribution in [2.75, 3.05) is 18.6 Å². The average Bonchev–Trinajstić information content (AvgIpc) is 2.56. The van der Waals surface area contributed by atoms with Gasteiger partial charge in [-0.15, -0.1) is 0 Å². The largest absolute Gasteiger partial charge is 0.497 e. The number of carbonyl (C=O) groups is 1. The monoisotopic (exact) mass is 280 g/mol. The van der Waals surface area contributed by atoms with Gasteiger partial charge in [-0.05, 0) is 36.4 Å². The fourth-order valence-corrected chi connectivity index (χ4v) is 2.01. The van der Waals surface area contributed by atoms with Gasteiger partial charge in [0.15, 0.2) is 0 Å². The van der Waals surface area contributed by atoms with Gasteiger partial charge in [0.2, 0.25) is 0 Å². The van der Waals surface area contributed by atoms with E-state index in [2.05, 4.69) is 6.07 Å². The molecular formula is C17H16N2O2. The molecule has 2 rings (SSSR count). The zero-order chi connectivity index (χ0) is 15.1. The minimum atomic E-state index is -0.126. The normalized spacial score (nSPS) is 9.71. The number of rotatable bonds is 5. The van der Waals surface area contributed by atoms with Crippen molar-refractivity contribution >= 4 is 11.6 Å². The molecule has 1 amide bonds. The molecule has 4 nitrogen and oxygen atoms in total. The number of carbonyl (C=O) groups excluding carboxylic acids is 1. The van der Waals surface area contributed by atoms with Crippen molar-refractivity contribution in [2.45, 2.75) is 6.42 Å². The van der Waals surface area contributed by atoms with Crippen LogP contribution in [0, 0.1) is 11.3 Å². The smallest absolute Gasteiger partial charge is 0.258 e. The molecule has 0 fully saturated rings. The molecule has 0 N–H and O–H groups in total. The molecule has 106 valence electrons. The number of anilines is 1. The van der Waals surface area contributed by atoms with Gasteiger partial charge in [0.1, 0.15) is 5.75 Å². The lowest BCUT2D eigenvalue weighted by molar-refractivity contribution is 0.0987. The molecule has 0 aliphatic rings. The van der Waals surface area contributed by atoms with Gasteiger partial charge in [0, 0.05) is 17.8 Å². The third-order valence-electron chi connectivity index (χ3n) is 3.10. The van der Waals surface area contributed by atoms with Crippen molar-refractivity contribution in [3.63, 3.8) is 0 Å². The van der Waals surface area contributed by atoms with E-state index in [0.29, 0.717) is 17.9 Å². The third kappa shape index (κ3) is 3.61. The van der Waals surface area contributed by atoms with Crippen molar-refractivity contribution in [1.82, 2.24) is 0 Å². The van der Waals surface area contributed by atoms with E-state index in [1.807, 2.05) is 30.3 Å². The van der Waals surface area contributed by atoms with Gasteiger partial charge >= 0.3 is 0 Å². The Bertz CT molecular complexity index is 630. The average molecular weight is 280 g/mol. The van der Waals surface area contributed by atoms with Gasteiger partial charge in [-0.3, -0.25) is 4.79 Å². The molecule has 0 aromatic heterocycles.